The van der Waals surface area contributed by atoms with Gasteiger partial charge < -0.3 is 10.3 Å². The predicted octanol–water partition coefficient (Wildman–Crippen LogP) is 2.24. The van der Waals surface area contributed by atoms with E-state index in [0.717, 1.165) is 12.2 Å². The number of hydrogen-bond acceptors (Lipinski definition) is 2. The van der Waals surface area contributed by atoms with Crippen molar-refractivity contribution in [2.75, 3.05) is 14.1 Å². The Morgan fingerprint density at radius 3 is 2.54 bits per heavy atom. The minimum absolute atomic E-state index is 0.631. The smallest absolute Gasteiger partial charge is 0.126 e. The molecule has 3 nitrogen and oxygen atoms in total. The first-order valence-electron chi connectivity index (χ1n) is 4.52. The van der Waals surface area contributed by atoms with E-state index in [-0.39, 0.29) is 0 Å². The Bertz CT molecular complexity index is 210. The molecule has 0 aromatic carbocycles. The van der Waals surface area contributed by atoms with Gasteiger partial charge in [-0.1, -0.05) is 24.9 Å². The fourth-order valence-electron chi connectivity index (χ4n) is 0.808. The van der Waals surface area contributed by atoms with Crippen molar-refractivity contribution in [3.63, 3.8) is 0 Å². The summed E-state index contributed by atoms with van der Waals surface area (Å²) in [6.07, 6.45) is 5.01. The van der Waals surface area contributed by atoms with Gasteiger partial charge in [0.25, 0.3) is 0 Å². The second-order valence-electron chi connectivity index (χ2n) is 2.78. The molecule has 0 aliphatic rings. The van der Waals surface area contributed by atoms with Crippen LogP contribution in [0.25, 0.3) is 0 Å². The maximum absolute atomic E-state index is 5.62. The van der Waals surface area contributed by atoms with Crippen molar-refractivity contribution in [2.45, 2.75) is 26.2 Å². The van der Waals surface area contributed by atoms with Gasteiger partial charge in [0.15, 0.2) is 0 Å². The van der Waals surface area contributed by atoms with Crippen molar-refractivity contribution in [3.05, 3.63) is 17.2 Å². The van der Waals surface area contributed by atoms with Crippen molar-refractivity contribution in [1.29, 1.82) is 0 Å². The van der Waals surface area contributed by atoms with Crippen LogP contribution in [0.5, 0.6) is 0 Å². The Balaban J connectivity index is 0.000000424. The Morgan fingerprint density at radius 2 is 2.15 bits per heavy atom. The van der Waals surface area contributed by atoms with Crippen LogP contribution in [0.2, 0.25) is 5.15 Å². The molecule has 0 fully saturated rings. The highest BCUT2D eigenvalue weighted by Crippen LogP contribution is 2.05. The van der Waals surface area contributed by atoms with Crippen LogP contribution in [0.4, 0.5) is 0 Å². The van der Waals surface area contributed by atoms with E-state index in [0.29, 0.717) is 5.15 Å². The minimum Gasteiger partial charge on any atom is -0.333 e. The summed E-state index contributed by atoms with van der Waals surface area (Å²) in [6.45, 7) is 2.16. The largest absolute Gasteiger partial charge is 0.333 e. The molecular weight excluding hydrogens is 186 g/mol. The molecule has 0 aliphatic carbocycles. The summed E-state index contributed by atoms with van der Waals surface area (Å²) < 4.78 is 0. The lowest BCUT2D eigenvalue weighted by atomic mass is 10.2. The Kier molecular flexibility index (Phi) is 7.74. The van der Waals surface area contributed by atoms with Crippen LogP contribution in [0.15, 0.2) is 6.20 Å². The van der Waals surface area contributed by atoms with E-state index >= 15 is 0 Å². The number of aromatic amines is 1. The normalized spacial score (nSPS) is 9.23. The number of halogens is 1. The van der Waals surface area contributed by atoms with E-state index in [1.165, 1.54) is 12.8 Å². The quantitative estimate of drug-likeness (QED) is 0.791. The molecule has 0 amide bonds. The molecule has 0 aliphatic heterocycles. The molecule has 1 aromatic rings. The predicted molar refractivity (Wildman–Crippen MR) is 57.2 cm³/mol. The van der Waals surface area contributed by atoms with Crippen LogP contribution in [0, 0.1) is 0 Å². The first kappa shape index (κ1) is 12.5. The summed E-state index contributed by atoms with van der Waals surface area (Å²) in [5.74, 6) is 0.992. The standard InChI is InChI=1S/C7H11ClN2.C2H7N/c1-2-3-4-7-9-5-6(8)10-7;1-3-2/h5H,2-4H2,1H3,(H,9,10);3H,1-2H3. The molecule has 2 N–H and O–H groups in total. The van der Waals surface area contributed by atoms with Gasteiger partial charge in [0, 0.05) is 6.42 Å². The molecule has 13 heavy (non-hydrogen) atoms. The monoisotopic (exact) mass is 203 g/mol. The van der Waals surface area contributed by atoms with E-state index in [4.69, 9.17) is 11.6 Å². The van der Waals surface area contributed by atoms with E-state index in [2.05, 4.69) is 22.2 Å². The first-order chi connectivity index (χ1) is 6.24. The molecule has 0 saturated carbocycles. The van der Waals surface area contributed by atoms with Crippen molar-refractivity contribution in [1.82, 2.24) is 15.3 Å². The summed E-state index contributed by atoms with van der Waals surface area (Å²) in [4.78, 5) is 7.03. The molecule has 0 spiro atoms. The number of imidazole rings is 1. The van der Waals surface area contributed by atoms with Gasteiger partial charge in [-0.3, -0.25) is 0 Å². The van der Waals surface area contributed by atoms with Crippen molar-refractivity contribution in [3.8, 4) is 0 Å². The van der Waals surface area contributed by atoms with E-state index in [1.807, 2.05) is 14.1 Å². The number of hydrogen-bond donors (Lipinski definition) is 2. The van der Waals surface area contributed by atoms with E-state index in [1.54, 1.807) is 6.20 Å². The third-order valence-electron chi connectivity index (χ3n) is 1.36. The van der Waals surface area contributed by atoms with Gasteiger partial charge in [-0.15, -0.1) is 0 Å². The zero-order valence-electron chi connectivity index (χ0n) is 8.52. The zero-order valence-corrected chi connectivity index (χ0v) is 9.28. The molecule has 76 valence electrons. The van der Waals surface area contributed by atoms with Gasteiger partial charge in [-0.05, 0) is 20.5 Å². The summed E-state index contributed by atoms with van der Waals surface area (Å²) in [6, 6.07) is 0. The number of aromatic nitrogens is 2. The van der Waals surface area contributed by atoms with Crippen molar-refractivity contribution < 1.29 is 0 Å². The van der Waals surface area contributed by atoms with Crippen LogP contribution in [-0.4, -0.2) is 24.1 Å². The van der Waals surface area contributed by atoms with Gasteiger partial charge in [0.2, 0.25) is 0 Å². The van der Waals surface area contributed by atoms with Crippen LogP contribution >= 0.6 is 11.6 Å². The topological polar surface area (TPSA) is 40.7 Å². The molecule has 0 saturated heterocycles. The average molecular weight is 204 g/mol. The number of nitrogens with zero attached hydrogens (tertiary/aromatic N) is 1. The second kappa shape index (κ2) is 8.08. The van der Waals surface area contributed by atoms with E-state index in [9.17, 15) is 0 Å². The van der Waals surface area contributed by atoms with Crippen LogP contribution in [0.1, 0.15) is 25.6 Å². The van der Waals surface area contributed by atoms with E-state index < -0.39 is 0 Å². The molecule has 0 atom stereocenters. The fourth-order valence-corrected chi connectivity index (χ4v) is 0.966. The number of rotatable bonds is 3. The molecule has 4 heteroatoms. The van der Waals surface area contributed by atoms with Crippen molar-refractivity contribution >= 4 is 11.6 Å². The van der Waals surface area contributed by atoms with Crippen LogP contribution in [-0.2, 0) is 6.42 Å². The summed E-state index contributed by atoms with van der Waals surface area (Å²) in [7, 11) is 3.75. The summed E-state index contributed by atoms with van der Waals surface area (Å²) >= 11 is 5.62. The van der Waals surface area contributed by atoms with Crippen LogP contribution in [0.3, 0.4) is 0 Å². The van der Waals surface area contributed by atoms with Crippen LogP contribution < -0.4 is 5.32 Å². The Morgan fingerprint density at radius 1 is 1.54 bits per heavy atom. The van der Waals surface area contributed by atoms with Crippen molar-refractivity contribution in [2.24, 2.45) is 0 Å². The highest BCUT2D eigenvalue weighted by Gasteiger charge is 1.95. The van der Waals surface area contributed by atoms with Gasteiger partial charge in [-0.25, -0.2) is 4.98 Å². The first-order valence-corrected chi connectivity index (χ1v) is 4.90. The number of H-pyrrole nitrogens is 1. The average Bonchev–Trinajstić information content (AvgIpc) is 2.49. The highest BCUT2D eigenvalue weighted by molar-refractivity contribution is 6.29. The highest BCUT2D eigenvalue weighted by atomic mass is 35.5. The molecule has 0 bridgehead atoms. The third kappa shape index (κ3) is 6.61. The van der Waals surface area contributed by atoms with Gasteiger partial charge in [-0.2, -0.15) is 0 Å². The molecular formula is C9H18ClN3. The minimum atomic E-state index is 0.631. The third-order valence-corrected chi connectivity index (χ3v) is 1.56. The number of aryl methyl sites for hydroxylation is 1. The van der Waals surface area contributed by atoms with Gasteiger partial charge >= 0.3 is 0 Å². The fraction of sp³-hybridized carbons (Fsp3) is 0.667. The Hall–Kier alpha value is -0.540. The van der Waals surface area contributed by atoms with Gasteiger partial charge in [0.1, 0.15) is 11.0 Å². The lowest BCUT2D eigenvalue weighted by Gasteiger charge is -1.90. The molecule has 1 aromatic heterocycles. The van der Waals surface area contributed by atoms with Gasteiger partial charge in [0.05, 0.1) is 6.20 Å². The SMILES string of the molecule is CCCCc1ncc(Cl)[nH]1.CNC. The number of unbranched alkanes of at least 4 members (excludes halogenated alkanes) is 1. The summed E-state index contributed by atoms with van der Waals surface area (Å²) in [5, 5.41) is 3.38. The lowest BCUT2D eigenvalue weighted by molar-refractivity contribution is 0.762. The lowest BCUT2D eigenvalue weighted by Crippen LogP contribution is -1.89. The summed E-state index contributed by atoms with van der Waals surface area (Å²) in [5.41, 5.74) is 0. The molecule has 1 heterocycles. The Labute approximate surface area is 84.9 Å². The molecule has 1 rings (SSSR count). The molecule has 0 unspecified atom stereocenters. The second-order valence-corrected chi connectivity index (χ2v) is 3.19. The zero-order chi connectivity index (χ0) is 10.1. The number of nitrogens with one attached hydrogen (secondary N) is 2. The molecule has 0 radical (unpaired) electrons. The maximum atomic E-state index is 5.62. The maximum Gasteiger partial charge on any atom is 0.126 e.